The van der Waals surface area contributed by atoms with E-state index in [1.165, 1.54) is 5.56 Å². The fraction of sp³-hybridized carbons (Fsp3) is 0.143. The summed E-state index contributed by atoms with van der Waals surface area (Å²) in [7, 11) is 0. The van der Waals surface area contributed by atoms with Crippen LogP contribution in [0, 0.1) is 13.8 Å². The number of hydrogen-bond donors (Lipinski definition) is 0. The van der Waals surface area contributed by atoms with E-state index in [1.54, 1.807) is 0 Å². The molecule has 0 fully saturated rings. The first kappa shape index (κ1) is 10.0. The SMILES string of the molecule is Cc1nc2c3c(C)cccc3ccn2c1C=O. The van der Waals surface area contributed by atoms with Gasteiger partial charge in [0.05, 0.1) is 5.69 Å². The molecule has 0 spiro atoms. The highest BCUT2D eigenvalue weighted by atomic mass is 16.1. The number of carbonyl (C=O) groups excluding carboxylic acids is 1. The van der Waals surface area contributed by atoms with Gasteiger partial charge in [-0.05, 0) is 30.9 Å². The minimum absolute atomic E-state index is 0.630. The van der Waals surface area contributed by atoms with Crippen LogP contribution in [-0.4, -0.2) is 15.7 Å². The predicted octanol–water partition coefficient (Wildman–Crippen LogP) is 2.92. The third-order valence-electron chi connectivity index (χ3n) is 3.18. The Hall–Kier alpha value is -2.16. The molecule has 0 radical (unpaired) electrons. The molecule has 17 heavy (non-hydrogen) atoms. The molecule has 3 rings (SSSR count). The zero-order valence-electron chi connectivity index (χ0n) is 9.77. The fourth-order valence-electron chi connectivity index (χ4n) is 2.32. The van der Waals surface area contributed by atoms with Gasteiger partial charge in [-0.1, -0.05) is 18.2 Å². The number of hydrogen-bond acceptors (Lipinski definition) is 2. The van der Waals surface area contributed by atoms with Crippen LogP contribution in [0.4, 0.5) is 0 Å². The summed E-state index contributed by atoms with van der Waals surface area (Å²) in [6.07, 6.45) is 2.76. The van der Waals surface area contributed by atoms with Crippen molar-refractivity contribution in [1.82, 2.24) is 9.38 Å². The zero-order chi connectivity index (χ0) is 12.0. The van der Waals surface area contributed by atoms with Crippen molar-refractivity contribution in [2.24, 2.45) is 0 Å². The molecule has 0 saturated carbocycles. The molecule has 3 heteroatoms. The average Bonchev–Trinajstić information content (AvgIpc) is 2.64. The number of fused-ring (bicyclic) bond motifs is 3. The number of carbonyl (C=O) groups is 1. The first-order chi connectivity index (χ1) is 8.22. The van der Waals surface area contributed by atoms with E-state index in [9.17, 15) is 4.79 Å². The van der Waals surface area contributed by atoms with Gasteiger partial charge in [0, 0.05) is 11.6 Å². The van der Waals surface area contributed by atoms with Crippen LogP contribution in [0.25, 0.3) is 16.4 Å². The quantitative estimate of drug-likeness (QED) is 0.595. The summed E-state index contributed by atoms with van der Waals surface area (Å²) in [6, 6.07) is 8.17. The molecular weight excluding hydrogens is 212 g/mol. The Morgan fingerprint density at radius 1 is 1.24 bits per heavy atom. The molecule has 0 unspecified atom stereocenters. The summed E-state index contributed by atoms with van der Waals surface area (Å²) in [5.74, 6) is 0. The van der Waals surface area contributed by atoms with Gasteiger partial charge in [-0.3, -0.25) is 9.20 Å². The van der Waals surface area contributed by atoms with Crippen molar-refractivity contribution < 1.29 is 4.79 Å². The minimum Gasteiger partial charge on any atom is -0.297 e. The van der Waals surface area contributed by atoms with Gasteiger partial charge in [0.2, 0.25) is 0 Å². The third-order valence-corrected chi connectivity index (χ3v) is 3.18. The van der Waals surface area contributed by atoms with Gasteiger partial charge in [0.1, 0.15) is 11.3 Å². The number of aromatic nitrogens is 2. The molecule has 0 atom stereocenters. The second-order valence-electron chi connectivity index (χ2n) is 4.25. The van der Waals surface area contributed by atoms with Gasteiger partial charge in [0.25, 0.3) is 0 Å². The van der Waals surface area contributed by atoms with Crippen LogP contribution in [0.3, 0.4) is 0 Å². The summed E-state index contributed by atoms with van der Waals surface area (Å²) in [6.45, 7) is 3.92. The molecule has 0 bridgehead atoms. The lowest BCUT2D eigenvalue weighted by Crippen LogP contribution is -1.92. The second-order valence-corrected chi connectivity index (χ2v) is 4.25. The van der Waals surface area contributed by atoms with Crippen LogP contribution in [0.1, 0.15) is 21.7 Å². The van der Waals surface area contributed by atoms with Crippen LogP contribution in [0.15, 0.2) is 30.5 Å². The van der Waals surface area contributed by atoms with Crippen molar-refractivity contribution in [3.05, 3.63) is 47.4 Å². The van der Waals surface area contributed by atoms with E-state index >= 15 is 0 Å². The lowest BCUT2D eigenvalue weighted by atomic mass is 10.1. The summed E-state index contributed by atoms with van der Waals surface area (Å²) < 4.78 is 1.86. The maximum absolute atomic E-state index is 11.1. The lowest BCUT2D eigenvalue weighted by molar-refractivity contribution is 0.111. The van der Waals surface area contributed by atoms with Crippen molar-refractivity contribution in [3.8, 4) is 0 Å². The Morgan fingerprint density at radius 3 is 2.82 bits per heavy atom. The van der Waals surface area contributed by atoms with Gasteiger partial charge < -0.3 is 0 Å². The van der Waals surface area contributed by atoms with Crippen molar-refractivity contribution in [2.45, 2.75) is 13.8 Å². The van der Waals surface area contributed by atoms with Gasteiger partial charge in [0.15, 0.2) is 6.29 Å². The number of pyridine rings is 1. The number of aldehydes is 1. The number of nitrogens with zero attached hydrogens (tertiary/aromatic N) is 2. The molecule has 1 aromatic carbocycles. The van der Waals surface area contributed by atoms with E-state index in [1.807, 2.05) is 29.7 Å². The molecular formula is C14H12N2O. The topological polar surface area (TPSA) is 34.4 Å². The Bertz CT molecular complexity index is 741. The molecule has 0 aliphatic rings. The normalized spacial score (nSPS) is 11.2. The van der Waals surface area contributed by atoms with Gasteiger partial charge >= 0.3 is 0 Å². The highest BCUT2D eigenvalue weighted by Crippen LogP contribution is 2.24. The highest BCUT2D eigenvalue weighted by molar-refractivity contribution is 5.97. The van der Waals surface area contributed by atoms with E-state index in [0.717, 1.165) is 28.4 Å². The molecule has 0 saturated heterocycles. The number of benzene rings is 1. The minimum atomic E-state index is 0.630. The summed E-state index contributed by atoms with van der Waals surface area (Å²) >= 11 is 0. The molecule has 0 amide bonds. The smallest absolute Gasteiger partial charge is 0.168 e. The predicted molar refractivity (Wildman–Crippen MR) is 67.6 cm³/mol. The average molecular weight is 224 g/mol. The van der Waals surface area contributed by atoms with Gasteiger partial charge in [-0.25, -0.2) is 4.98 Å². The van der Waals surface area contributed by atoms with E-state index < -0.39 is 0 Å². The maximum Gasteiger partial charge on any atom is 0.168 e. The van der Waals surface area contributed by atoms with E-state index in [2.05, 4.69) is 24.0 Å². The molecule has 2 aromatic heterocycles. The fourth-order valence-corrected chi connectivity index (χ4v) is 2.32. The third kappa shape index (κ3) is 1.29. The number of aryl methyl sites for hydroxylation is 2. The molecule has 3 aromatic rings. The Labute approximate surface area is 98.7 Å². The first-order valence-corrected chi connectivity index (χ1v) is 5.54. The Balaban J connectivity index is 2.61. The summed E-state index contributed by atoms with van der Waals surface area (Å²) in [5, 5.41) is 2.27. The van der Waals surface area contributed by atoms with E-state index in [-0.39, 0.29) is 0 Å². The van der Waals surface area contributed by atoms with E-state index in [4.69, 9.17) is 0 Å². The van der Waals surface area contributed by atoms with Crippen molar-refractivity contribution in [3.63, 3.8) is 0 Å². The monoisotopic (exact) mass is 224 g/mol. The standard InChI is InChI=1S/C14H12N2O/c1-9-4-3-5-11-6-7-16-12(8-17)10(2)15-14(16)13(9)11/h3-8H,1-2H3. The molecule has 3 nitrogen and oxygen atoms in total. The maximum atomic E-state index is 11.1. The molecule has 0 N–H and O–H groups in total. The van der Waals surface area contributed by atoms with Crippen LogP contribution in [0.5, 0.6) is 0 Å². The zero-order valence-corrected chi connectivity index (χ0v) is 9.77. The molecule has 0 aliphatic heterocycles. The Morgan fingerprint density at radius 2 is 2.06 bits per heavy atom. The van der Waals surface area contributed by atoms with Crippen LogP contribution in [-0.2, 0) is 0 Å². The molecule has 2 heterocycles. The Kier molecular flexibility index (Phi) is 2.01. The molecule has 84 valence electrons. The van der Waals surface area contributed by atoms with Crippen LogP contribution < -0.4 is 0 Å². The number of imidazole rings is 1. The van der Waals surface area contributed by atoms with E-state index in [0.29, 0.717) is 5.69 Å². The van der Waals surface area contributed by atoms with Gasteiger partial charge in [-0.15, -0.1) is 0 Å². The second kappa shape index (κ2) is 3.42. The van der Waals surface area contributed by atoms with Crippen molar-refractivity contribution >= 4 is 22.7 Å². The number of rotatable bonds is 1. The van der Waals surface area contributed by atoms with Crippen LogP contribution >= 0.6 is 0 Å². The van der Waals surface area contributed by atoms with Crippen molar-refractivity contribution in [1.29, 1.82) is 0 Å². The largest absolute Gasteiger partial charge is 0.297 e. The molecule has 0 aliphatic carbocycles. The van der Waals surface area contributed by atoms with Gasteiger partial charge in [-0.2, -0.15) is 0 Å². The summed E-state index contributed by atoms with van der Waals surface area (Å²) in [4.78, 5) is 15.6. The van der Waals surface area contributed by atoms with Crippen LogP contribution in [0.2, 0.25) is 0 Å². The lowest BCUT2D eigenvalue weighted by Gasteiger charge is -2.04. The van der Waals surface area contributed by atoms with Crippen molar-refractivity contribution in [2.75, 3.05) is 0 Å². The summed E-state index contributed by atoms with van der Waals surface area (Å²) in [5.41, 5.74) is 3.44. The highest BCUT2D eigenvalue weighted by Gasteiger charge is 2.11. The first-order valence-electron chi connectivity index (χ1n) is 5.54.